The van der Waals surface area contributed by atoms with Crippen LogP contribution in [0.4, 0.5) is 11.5 Å². The molecule has 8 heteroatoms. The number of aromatic nitrogens is 1. The summed E-state index contributed by atoms with van der Waals surface area (Å²) in [5.74, 6) is 0.747. The molecular formula is C20H18N4O3S. The molecule has 0 aliphatic heterocycles. The third-order valence-corrected chi connectivity index (χ3v) is 4.61. The molecule has 7 nitrogen and oxygen atoms in total. The average molecular weight is 394 g/mol. The van der Waals surface area contributed by atoms with E-state index in [1.54, 1.807) is 49.6 Å². The third-order valence-electron chi connectivity index (χ3n) is 4.00. The number of nitriles is 1. The number of hydrogen-bond acceptors (Lipinski definition) is 6. The standard InChI is InChI=1S/C20H18N4O3S/c1-27-16-8-4-5-13(10-16)17-11-19(23-20(22)18(17)12-21)14-6-3-7-15(9-14)24-28(2,25)26/h3-11,24H,1-2H3,(H2,22,23). The van der Waals surface area contributed by atoms with Crippen LogP contribution in [-0.2, 0) is 10.0 Å². The molecule has 1 heterocycles. The van der Waals surface area contributed by atoms with Crippen molar-refractivity contribution in [3.8, 4) is 34.2 Å². The molecule has 1 aromatic heterocycles. The Labute approximate surface area is 163 Å². The van der Waals surface area contributed by atoms with E-state index in [2.05, 4.69) is 15.8 Å². The highest BCUT2D eigenvalue weighted by molar-refractivity contribution is 7.92. The van der Waals surface area contributed by atoms with Gasteiger partial charge in [-0.25, -0.2) is 13.4 Å². The Morgan fingerprint density at radius 2 is 1.82 bits per heavy atom. The van der Waals surface area contributed by atoms with Crippen molar-refractivity contribution < 1.29 is 13.2 Å². The summed E-state index contributed by atoms with van der Waals surface area (Å²) in [6.45, 7) is 0. The van der Waals surface area contributed by atoms with Gasteiger partial charge in [0.25, 0.3) is 0 Å². The van der Waals surface area contributed by atoms with Gasteiger partial charge in [0.2, 0.25) is 10.0 Å². The lowest BCUT2D eigenvalue weighted by Gasteiger charge is -2.12. The zero-order chi connectivity index (χ0) is 20.3. The lowest BCUT2D eigenvalue weighted by Crippen LogP contribution is -2.09. The highest BCUT2D eigenvalue weighted by Crippen LogP contribution is 2.33. The summed E-state index contributed by atoms with van der Waals surface area (Å²) < 4.78 is 30.7. The zero-order valence-corrected chi connectivity index (χ0v) is 16.1. The van der Waals surface area contributed by atoms with Gasteiger partial charge >= 0.3 is 0 Å². The molecule has 0 unspecified atom stereocenters. The summed E-state index contributed by atoms with van der Waals surface area (Å²) in [7, 11) is -1.84. The number of nitrogens with one attached hydrogen (secondary N) is 1. The molecule has 28 heavy (non-hydrogen) atoms. The van der Waals surface area contributed by atoms with Gasteiger partial charge in [-0.05, 0) is 35.9 Å². The number of anilines is 2. The molecule has 0 saturated carbocycles. The molecule has 0 atom stereocenters. The second kappa shape index (κ2) is 7.58. The molecule has 0 aliphatic rings. The van der Waals surface area contributed by atoms with Gasteiger partial charge in [0.15, 0.2) is 0 Å². The third kappa shape index (κ3) is 4.22. The first kappa shape index (κ1) is 19.2. The largest absolute Gasteiger partial charge is 0.497 e. The molecule has 0 aliphatic carbocycles. The SMILES string of the molecule is COc1cccc(-c2cc(-c3cccc(NS(C)(=O)=O)c3)nc(N)c2C#N)c1. The van der Waals surface area contributed by atoms with Crippen molar-refractivity contribution in [3.05, 3.63) is 60.2 Å². The van der Waals surface area contributed by atoms with Crippen molar-refractivity contribution in [2.24, 2.45) is 0 Å². The Bertz CT molecular complexity index is 1180. The minimum atomic E-state index is -3.41. The Hall–Kier alpha value is -3.57. The van der Waals surface area contributed by atoms with E-state index >= 15 is 0 Å². The molecule has 0 bridgehead atoms. The summed E-state index contributed by atoms with van der Waals surface area (Å²) >= 11 is 0. The first-order chi connectivity index (χ1) is 13.3. The second-order valence-corrected chi connectivity index (χ2v) is 7.86. The van der Waals surface area contributed by atoms with E-state index < -0.39 is 10.0 Å². The maximum Gasteiger partial charge on any atom is 0.229 e. The molecule has 0 radical (unpaired) electrons. The van der Waals surface area contributed by atoms with Gasteiger partial charge in [-0.3, -0.25) is 4.72 Å². The number of nitrogens with two attached hydrogens (primary N) is 1. The van der Waals surface area contributed by atoms with Crippen LogP contribution in [0.15, 0.2) is 54.6 Å². The van der Waals surface area contributed by atoms with Crippen LogP contribution in [0.25, 0.3) is 22.4 Å². The maximum atomic E-state index is 11.5. The summed E-state index contributed by atoms with van der Waals surface area (Å²) in [5, 5.41) is 9.54. The number of sulfonamides is 1. The minimum absolute atomic E-state index is 0.0966. The monoisotopic (exact) mass is 394 g/mol. The van der Waals surface area contributed by atoms with Crippen LogP contribution in [-0.4, -0.2) is 26.8 Å². The van der Waals surface area contributed by atoms with Crippen molar-refractivity contribution in [3.63, 3.8) is 0 Å². The van der Waals surface area contributed by atoms with E-state index in [4.69, 9.17) is 10.5 Å². The zero-order valence-electron chi connectivity index (χ0n) is 15.3. The lowest BCUT2D eigenvalue weighted by atomic mass is 9.98. The fraction of sp³-hybridized carbons (Fsp3) is 0.100. The Morgan fingerprint density at radius 3 is 2.50 bits per heavy atom. The summed E-state index contributed by atoms with van der Waals surface area (Å²) in [4.78, 5) is 4.33. The van der Waals surface area contributed by atoms with E-state index in [0.29, 0.717) is 28.3 Å². The first-order valence-electron chi connectivity index (χ1n) is 8.24. The van der Waals surface area contributed by atoms with Gasteiger partial charge in [-0.1, -0.05) is 24.3 Å². The first-order valence-corrected chi connectivity index (χ1v) is 10.1. The van der Waals surface area contributed by atoms with Gasteiger partial charge in [0.1, 0.15) is 23.2 Å². The molecule has 0 amide bonds. The molecule has 3 rings (SSSR count). The molecular weight excluding hydrogens is 376 g/mol. The van der Waals surface area contributed by atoms with Gasteiger partial charge in [0, 0.05) is 16.8 Å². The quantitative estimate of drug-likeness (QED) is 0.686. The van der Waals surface area contributed by atoms with Crippen molar-refractivity contribution >= 4 is 21.5 Å². The summed E-state index contributed by atoms with van der Waals surface area (Å²) in [6, 6.07) is 17.9. The molecule has 3 N–H and O–H groups in total. The highest BCUT2D eigenvalue weighted by Gasteiger charge is 2.14. The van der Waals surface area contributed by atoms with E-state index in [1.807, 2.05) is 12.1 Å². The number of pyridine rings is 1. The molecule has 2 aromatic carbocycles. The van der Waals surface area contributed by atoms with Crippen molar-refractivity contribution in [2.75, 3.05) is 23.8 Å². The fourth-order valence-corrected chi connectivity index (χ4v) is 3.36. The number of hydrogen-bond donors (Lipinski definition) is 2. The molecule has 0 spiro atoms. The second-order valence-electron chi connectivity index (χ2n) is 6.11. The molecule has 3 aromatic rings. The van der Waals surface area contributed by atoms with Crippen LogP contribution in [0.5, 0.6) is 5.75 Å². The number of methoxy groups -OCH3 is 1. The normalized spacial score (nSPS) is 10.9. The van der Waals surface area contributed by atoms with Crippen LogP contribution in [0, 0.1) is 11.3 Å². The molecule has 142 valence electrons. The molecule has 0 fully saturated rings. The van der Waals surface area contributed by atoms with Crippen molar-refractivity contribution in [1.82, 2.24) is 4.98 Å². The number of nitrogens with zero attached hydrogens (tertiary/aromatic N) is 2. The van der Waals surface area contributed by atoms with Crippen LogP contribution in [0.3, 0.4) is 0 Å². The number of ether oxygens (including phenoxy) is 1. The maximum absolute atomic E-state index is 11.5. The Morgan fingerprint density at radius 1 is 1.11 bits per heavy atom. The summed E-state index contributed by atoms with van der Waals surface area (Å²) in [5.41, 5.74) is 9.28. The van der Waals surface area contributed by atoms with Crippen LogP contribution in [0.1, 0.15) is 5.56 Å². The minimum Gasteiger partial charge on any atom is -0.497 e. The van der Waals surface area contributed by atoms with E-state index in [-0.39, 0.29) is 11.4 Å². The predicted octanol–water partition coefficient (Wildman–Crippen LogP) is 3.25. The smallest absolute Gasteiger partial charge is 0.229 e. The van der Waals surface area contributed by atoms with Crippen molar-refractivity contribution in [1.29, 1.82) is 5.26 Å². The van der Waals surface area contributed by atoms with Gasteiger partial charge in [-0.15, -0.1) is 0 Å². The van der Waals surface area contributed by atoms with Crippen LogP contribution >= 0.6 is 0 Å². The van der Waals surface area contributed by atoms with Crippen LogP contribution < -0.4 is 15.2 Å². The van der Waals surface area contributed by atoms with Gasteiger partial charge < -0.3 is 10.5 Å². The fourth-order valence-electron chi connectivity index (χ4n) is 2.80. The molecule has 0 saturated heterocycles. The number of rotatable bonds is 5. The van der Waals surface area contributed by atoms with E-state index in [0.717, 1.165) is 11.8 Å². The van der Waals surface area contributed by atoms with Crippen LogP contribution in [0.2, 0.25) is 0 Å². The summed E-state index contributed by atoms with van der Waals surface area (Å²) in [6.07, 6.45) is 1.08. The Balaban J connectivity index is 2.15. The van der Waals surface area contributed by atoms with E-state index in [9.17, 15) is 13.7 Å². The predicted molar refractivity (Wildman–Crippen MR) is 109 cm³/mol. The number of benzene rings is 2. The average Bonchev–Trinajstić information content (AvgIpc) is 2.66. The van der Waals surface area contributed by atoms with Crippen molar-refractivity contribution in [2.45, 2.75) is 0 Å². The Kier molecular flexibility index (Phi) is 5.20. The van der Waals surface area contributed by atoms with Gasteiger partial charge in [0.05, 0.1) is 19.1 Å². The lowest BCUT2D eigenvalue weighted by molar-refractivity contribution is 0.415. The van der Waals surface area contributed by atoms with Gasteiger partial charge in [-0.2, -0.15) is 5.26 Å². The van der Waals surface area contributed by atoms with E-state index in [1.165, 1.54) is 0 Å². The highest BCUT2D eigenvalue weighted by atomic mass is 32.2. The number of nitrogen functional groups attached to an aromatic ring is 1. The topological polar surface area (TPSA) is 118 Å².